The standard InChI is InChI=1S/C25H27NO2S.ClH/c1-17(23-8-4-6-19-5-2-3-7-24(19)23)26-21-12-9-20(15-21)18-10-13-22(14-11-18)29-16-25(27)28;/h2-8,10-11,13-14,17,20-21,26H,9,12,15-16H2,1H3,(H,27,28);1H/t17-,20-,21+;/m1./s1. The Hall–Kier alpha value is -2.01. The lowest BCUT2D eigenvalue weighted by Crippen LogP contribution is -2.29. The number of aliphatic carboxylic acids is 1. The zero-order chi connectivity index (χ0) is 20.2. The van der Waals surface area contributed by atoms with E-state index in [1.165, 1.54) is 46.5 Å². The summed E-state index contributed by atoms with van der Waals surface area (Å²) < 4.78 is 0. The molecule has 1 aliphatic rings. The highest BCUT2D eigenvalue weighted by molar-refractivity contribution is 8.00. The van der Waals surface area contributed by atoms with E-state index in [1.807, 2.05) is 0 Å². The fraction of sp³-hybridized carbons (Fsp3) is 0.320. The van der Waals surface area contributed by atoms with Crippen LogP contribution in [0.5, 0.6) is 0 Å². The van der Waals surface area contributed by atoms with Gasteiger partial charge in [-0.3, -0.25) is 4.79 Å². The first-order chi connectivity index (χ1) is 14.1. The molecule has 3 atom stereocenters. The number of nitrogens with one attached hydrogen (secondary N) is 1. The van der Waals surface area contributed by atoms with Crippen LogP contribution in [-0.2, 0) is 4.79 Å². The van der Waals surface area contributed by atoms with Gasteiger partial charge in [0.15, 0.2) is 0 Å². The summed E-state index contributed by atoms with van der Waals surface area (Å²) in [5, 5.41) is 15.3. The number of thioether (sulfide) groups is 1. The highest BCUT2D eigenvalue weighted by atomic mass is 35.5. The first-order valence-electron chi connectivity index (χ1n) is 10.3. The van der Waals surface area contributed by atoms with Crippen molar-refractivity contribution in [1.29, 1.82) is 0 Å². The van der Waals surface area contributed by atoms with E-state index >= 15 is 0 Å². The van der Waals surface area contributed by atoms with Crippen LogP contribution in [0.15, 0.2) is 71.6 Å². The average Bonchev–Trinajstić information content (AvgIpc) is 3.20. The predicted molar refractivity (Wildman–Crippen MR) is 128 cm³/mol. The molecule has 0 saturated heterocycles. The van der Waals surface area contributed by atoms with Gasteiger partial charge in [0, 0.05) is 17.0 Å². The van der Waals surface area contributed by atoms with Crippen LogP contribution in [0.3, 0.4) is 0 Å². The lowest BCUT2D eigenvalue weighted by molar-refractivity contribution is -0.133. The van der Waals surface area contributed by atoms with Crippen LogP contribution in [-0.4, -0.2) is 22.9 Å². The molecule has 0 aromatic heterocycles. The maximum absolute atomic E-state index is 10.7. The van der Waals surface area contributed by atoms with Gasteiger partial charge in [-0.05, 0) is 66.1 Å². The predicted octanol–water partition coefficient (Wildman–Crippen LogP) is 6.43. The van der Waals surface area contributed by atoms with Crippen molar-refractivity contribution >= 4 is 40.9 Å². The van der Waals surface area contributed by atoms with Crippen LogP contribution in [0.25, 0.3) is 10.8 Å². The maximum atomic E-state index is 10.7. The van der Waals surface area contributed by atoms with Gasteiger partial charge in [-0.15, -0.1) is 24.2 Å². The lowest BCUT2D eigenvalue weighted by Gasteiger charge is -2.21. The molecule has 2 N–H and O–H groups in total. The number of hydrogen-bond donors (Lipinski definition) is 2. The number of hydrogen-bond acceptors (Lipinski definition) is 3. The Labute approximate surface area is 188 Å². The van der Waals surface area contributed by atoms with E-state index in [0.29, 0.717) is 18.0 Å². The third-order valence-corrected chi connectivity index (χ3v) is 6.92. The van der Waals surface area contributed by atoms with Gasteiger partial charge < -0.3 is 10.4 Å². The fourth-order valence-corrected chi connectivity index (χ4v) is 5.11. The minimum atomic E-state index is -0.774. The Morgan fingerprint density at radius 3 is 2.57 bits per heavy atom. The summed E-state index contributed by atoms with van der Waals surface area (Å²) in [7, 11) is 0. The Balaban J connectivity index is 0.00000256. The maximum Gasteiger partial charge on any atom is 0.313 e. The van der Waals surface area contributed by atoms with Crippen LogP contribution in [0.4, 0.5) is 0 Å². The van der Waals surface area contributed by atoms with Gasteiger partial charge in [0.2, 0.25) is 0 Å². The van der Waals surface area contributed by atoms with Crippen molar-refractivity contribution < 1.29 is 9.90 Å². The van der Waals surface area contributed by atoms with E-state index in [1.54, 1.807) is 0 Å². The van der Waals surface area contributed by atoms with E-state index in [-0.39, 0.29) is 18.2 Å². The molecule has 158 valence electrons. The number of carboxylic acids is 1. The number of halogens is 1. The molecule has 0 unspecified atom stereocenters. The van der Waals surface area contributed by atoms with Gasteiger partial charge in [0.1, 0.15) is 0 Å². The monoisotopic (exact) mass is 441 g/mol. The van der Waals surface area contributed by atoms with Gasteiger partial charge in [0.25, 0.3) is 0 Å². The first kappa shape index (κ1) is 22.7. The molecule has 5 heteroatoms. The van der Waals surface area contributed by atoms with Crippen LogP contribution >= 0.6 is 24.2 Å². The summed E-state index contributed by atoms with van der Waals surface area (Å²) in [6.45, 7) is 2.27. The number of rotatable bonds is 7. The van der Waals surface area contributed by atoms with E-state index in [0.717, 1.165) is 11.3 Å². The Bertz CT molecular complexity index is 987. The second-order valence-corrected chi connectivity index (χ2v) is 8.96. The van der Waals surface area contributed by atoms with Crippen LogP contribution < -0.4 is 5.32 Å². The van der Waals surface area contributed by atoms with Gasteiger partial charge in [-0.2, -0.15) is 0 Å². The summed E-state index contributed by atoms with van der Waals surface area (Å²) in [5.41, 5.74) is 2.73. The van der Waals surface area contributed by atoms with Crippen molar-refractivity contribution in [2.24, 2.45) is 0 Å². The highest BCUT2D eigenvalue weighted by Gasteiger charge is 2.27. The van der Waals surface area contributed by atoms with Gasteiger partial charge in [0.05, 0.1) is 5.75 Å². The van der Waals surface area contributed by atoms with Crippen molar-refractivity contribution in [1.82, 2.24) is 5.32 Å². The number of benzene rings is 3. The quantitative estimate of drug-likeness (QED) is 0.415. The number of fused-ring (bicyclic) bond motifs is 1. The first-order valence-corrected chi connectivity index (χ1v) is 11.3. The minimum absolute atomic E-state index is 0. The van der Waals surface area contributed by atoms with Crippen LogP contribution in [0.1, 0.15) is 49.3 Å². The molecule has 3 aromatic rings. The molecule has 4 rings (SSSR count). The van der Waals surface area contributed by atoms with Gasteiger partial charge in [-0.25, -0.2) is 0 Å². The van der Waals surface area contributed by atoms with E-state index in [4.69, 9.17) is 5.11 Å². The Kier molecular flexibility index (Phi) is 7.81. The molecule has 1 aliphatic carbocycles. The molecule has 3 aromatic carbocycles. The normalized spacial score (nSPS) is 19.4. The molecule has 3 nitrogen and oxygen atoms in total. The zero-order valence-electron chi connectivity index (χ0n) is 17.1. The summed E-state index contributed by atoms with van der Waals surface area (Å²) >= 11 is 1.38. The number of carboxylic acid groups (broad SMARTS) is 1. The van der Waals surface area contributed by atoms with E-state index < -0.39 is 5.97 Å². The lowest BCUT2D eigenvalue weighted by atomic mass is 9.97. The summed E-state index contributed by atoms with van der Waals surface area (Å²) in [4.78, 5) is 11.7. The molecular formula is C25H28ClNO2S. The molecular weight excluding hydrogens is 414 g/mol. The molecule has 0 amide bonds. The van der Waals surface area contributed by atoms with E-state index in [9.17, 15) is 4.79 Å². The zero-order valence-corrected chi connectivity index (χ0v) is 18.7. The molecule has 0 spiro atoms. The van der Waals surface area contributed by atoms with E-state index in [2.05, 4.69) is 79.0 Å². The highest BCUT2D eigenvalue weighted by Crippen LogP contribution is 2.36. The number of carbonyl (C=O) groups is 1. The summed E-state index contributed by atoms with van der Waals surface area (Å²) in [5.74, 6) is -0.0873. The van der Waals surface area contributed by atoms with Crippen molar-refractivity contribution in [3.8, 4) is 0 Å². The molecule has 0 aliphatic heterocycles. The average molecular weight is 442 g/mol. The second-order valence-electron chi connectivity index (χ2n) is 7.92. The third-order valence-electron chi connectivity index (χ3n) is 5.92. The smallest absolute Gasteiger partial charge is 0.313 e. The van der Waals surface area contributed by atoms with Crippen molar-refractivity contribution in [3.63, 3.8) is 0 Å². The van der Waals surface area contributed by atoms with Crippen LogP contribution in [0, 0.1) is 0 Å². The van der Waals surface area contributed by atoms with Crippen molar-refractivity contribution in [2.45, 2.75) is 49.1 Å². The van der Waals surface area contributed by atoms with Crippen LogP contribution in [0.2, 0.25) is 0 Å². The molecule has 1 fully saturated rings. The SMILES string of the molecule is C[C@@H](N[C@H]1CC[C@@H](c2ccc(SCC(=O)O)cc2)C1)c1cccc2ccccc12.Cl. The van der Waals surface area contributed by atoms with Crippen molar-refractivity contribution in [3.05, 3.63) is 77.9 Å². The van der Waals surface area contributed by atoms with Crippen molar-refractivity contribution in [2.75, 3.05) is 5.75 Å². The largest absolute Gasteiger partial charge is 0.481 e. The summed E-state index contributed by atoms with van der Waals surface area (Å²) in [6, 6.07) is 24.5. The molecule has 1 saturated carbocycles. The summed E-state index contributed by atoms with van der Waals surface area (Å²) in [6.07, 6.45) is 3.54. The molecule has 30 heavy (non-hydrogen) atoms. The topological polar surface area (TPSA) is 49.3 Å². The second kappa shape index (κ2) is 10.3. The van der Waals surface area contributed by atoms with Gasteiger partial charge in [-0.1, -0.05) is 54.6 Å². The van der Waals surface area contributed by atoms with Gasteiger partial charge >= 0.3 is 5.97 Å². The molecule has 0 heterocycles. The Morgan fingerprint density at radius 2 is 1.80 bits per heavy atom. The minimum Gasteiger partial charge on any atom is -0.481 e. The molecule has 0 bridgehead atoms. The third kappa shape index (κ3) is 5.37. The molecule has 0 radical (unpaired) electrons. The fourth-order valence-electron chi connectivity index (χ4n) is 4.49. The Morgan fingerprint density at radius 1 is 1.07 bits per heavy atom.